The second-order valence-corrected chi connectivity index (χ2v) is 6.38. The highest BCUT2D eigenvalue weighted by Crippen LogP contribution is 2.28. The highest BCUT2D eigenvalue weighted by atomic mass is 16.5. The van der Waals surface area contributed by atoms with Gasteiger partial charge in [-0.1, -0.05) is 17.3 Å². The van der Waals surface area contributed by atoms with Gasteiger partial charge in [0.25, 0.3) is 5.91 Å². The zero-order valence-electron chi connectivity index (χ0n) is 14.1. The number of carbonyl (C=O) groups excluding carboxylic acids is 1. The molecule has 1 aromatic carbocycles. The summed E-state index contributed by atoms with van der Waals surface area (Å²) < 4.78 is 5.35. The molecule has 0 spiro atoms. The first-order chi connectivity index (χ1) is 12.1. The summed E-state index contributed by atoms with van der Waals surface area (Å²) in [5.41, 5.74) is 3.71. The molecule has 0 radical (unpaired) electrons. The third kappa shape index (κ3) is 2.91. The molecule has 126 valence electrons. The third-order valence-corrected chi connectivity index (χ3v) is 4.61. The molecule has 0 bridgehead atoms. The summed E-state index contributed by atoms with van der Waals surface area (Å²) in [5.74, 6) is 1.17. The molecule has 0 saturated carbocycles. The Labute approximate surface area is 145 Å². The van der Waals surface area contributed by atoms with E-state index in [9.17, 15) is 4.79 Å². The van der Waals surface area contributed by atoms with Crippen molar-refractivity contribution in [3.63, 3.8) is 0 Å². The van der Waals surface area contributed by atoms with E-state index in [2.05, 4.69) is 15.1 Å². The van der Waals surface area contributed by atoms with E-state index in [1.165, 1.54) is 5.56 Å². The Bertz CT molecular complexity index is 914. The molecule has 1 aliphatic heterocycles. The largest absolute Gasteiger partial charge is 0.338 e. The van der Waals surface area contributed by atoms with Crippen LogP contribution in [0, 0.1) is 13.8 Å². The van der Waals surface area contributed by atoms with Gasteiger partial charge in [-0.25, -0.2) is 0 Å². The second-order valence-electron chi connectivity index (χ2n) is 6.38. The first-order valence-electron chi connectivity index (χ1n) is 8.23. The predicted octanol–water partition coefficient (Wildman–Crippen LogP) is 2.99. The quantitative estimate of drug-likeness (QED) is 0.736. The second kappa shape index (κ2) is 6.12. The van der Waals surface area contributed by atoms with Crippen molar-refractivity contribution in [2.24, 2.45) is 0 Å². The van der Waals surface area contributed by atoms with E-state index in [-0.39, 0.29) is 11.8 Å². The lowest BCUT2D eigenvalue weighted by Gasteiger charge is -2.37. The molecule has 6 heteroatoms. The minimum atomic E-state index is 0.0452. The molecule has 0 unspecified atom stereocenters. The number of likely N-dealkylation sites (tertiary alicyclic amines) is 1. The van der Waals surface area contributed by atoms with Gasteiger partial charge < -0.3 is 9.42 Å². The third-order valence-electron chi connectivity index (χ3n) is 4.61. The van der Waals surface area contributed by atoms with E-state index in [0.29, 0.717) is 30.5 Å². The Morgan fingerprint density at radius 1 is 1.16 bits per heavy atom. The number of carbonyl (C=O) groups is 1. The Morgan fingerprint density at radius 2 is 2.00 bits per heavy atom. The molecule has 25 heavy (non-hydrogen) atoms. The van der Waals surface area contributed by atoms with Gasteiger partial charge in [0, 0.05) is 24.8 Å². The molecule has 4 rings (SSSR count). The maximum absolute atomic E-state index is 12.5. The summed E-state index contributed by atoms with van der Waals surface area (Å²) >= 11 is 0. The van der Waals surface area contributed by atoms with E-state index in [1.807, 2.05) is 50.2 Å². The number of pyridine rings is 1. The number of nitrogens with zero attached hydrogens (tertiary/aromatic N) is 4. The summed E-state index contributed by atoms with van der Waals surface area (Å²) in [7, 11) is 0. The number of aryl methyl sites for hydroxylation is 2. The predicted molar refractivity (Wildman–Crippen MR) is 92.1 cm³/mol. The number of hydrogen-bond donors (Lipinski definition) is 0. The summed E-state index contributed by atoms with van der Waals surface area (Å²) in [6.45, 7) is 5.24. The number of hydrogen-bond acceptors (Lipinski definition) is 5. The molecule has 3 heterocycles. The normalized spacial score (nSPS) is 14.4. The molecular weight excluding hydrogens is 316 g/mol. The Hall–Kier alpha value is -3.02. The van der Waals surface area contributed by atoms with Crippen molar-refractivity contribution in [2.75, 3.05) is 13.1 Å². The number of aromatic nitrogens is 3. The average molecular weight is 334 g/mol. The van der Waals surface area contributed by atoms with E-state index in [1.54, 1.807) is 11.1 Å². The highest BCUT2D eigenvalue weighted by molar-refractivity contribution is 5.95. The van der Waals surface area contributed by atoms with Crippen LogP contribution in [0.1, 0.15) is 33.3 Å². The van der Waals surface area contributed by atoms with Crippen molar-refractivity contribution >= 4 is 5.91 Å². The number of rotatable bonds is 3. The van der Waals surface area contributed by atoms with Crippen LogP contribution in [0.5, 0.6) is 0 Å². The molecule has 0 aliphatic carbocycles. The fraction of sp³-hybridized carbons (Fsp3) is 0.263. The Kier molecular flexibility index (Phi) is 3.80. The molecule has 0 N–H and O–H groups in total. The minimum absolute atomic E-state index is 0.0452. The fourth-order valence-electron chi connectivity index (χ4n) is 2.86. The van der Waals surface area contributed by atoms with Crippen molar-refractivity contribution in [3.8, 4) is 11.5 Å². The smallest absolute Gasteiger partial charge is 0.253 e. The van der Waals surface area contributed by atoms with Crippen molar-refractivity contribution in [3.05, 3.63) is 65.2 Å². The van der Waals surface area contributed by atoms with E-state index >= 15 is 0 Å². The first-order valence-corrected chi connectivity index (χ1v) is 8.23. The van der Waals surface area contributed by atoms with Gasteiger partial charge in [-0.3, -0.25) is 9.78 Å². The number of amides is 1. The van der Waals surface area contributed by atoms with Crippen LogP contribution in [0.15, 0.2) is 47.1 Å². The van der Waals surface area contributed by atoms with Crippen molar-refractivity contribution in [1.82, 2.24) is 20.0 Å². The first kappa shape index (κ1) is 15.5. The highest BCUT2D eigenvalue weighted by Gasteiger charge is 2.36. The van der Waals surface area contributed by atoms with Gasteiger partial charge in [-0.05, 0) is 49.2 Å². The van der Waals surface area contributed by atoms with Gasteiger partial charge >= 0.3 is 0 Å². The molecular formula is C19H18N4O2. The van der Waals surface area contributed by atoms with Crippen molar-refractivity contribution < 1.29 is 9.32 Å². The van der Waals surface area contributed by atoms with Crippen LogP contribution < -0.4 is 0 Å². The van der Waals surface area contributed by atoms with E-state index in [0.717, 1.165) is 11.1 Å². The Balaban J connectivity index is 1.43. The van der Waals surface area contributed by atoms with Crippen LogP contribution in [0.3, 0.4) is 0 Å². The number of benzene rings is 1. The molecule has 3 aromatic rings. The van der Waals surface area contributed by atoms with Crippen molar-refractivity contribution in [2.45, 2.75) is 19.8 Å². The van der Waals surface area contributed by atoms with Gasteiger partial charge in [-0.2, -0.15) is 4.98 Å². The molecule has 1 fully saturated rings. The molecule has 0 atom stereocenters. The zero-order valence-corrected chi connectivity index (χ0v) is 14.1. The molecule has 1 amide bonds. The summed E-state index contributed by atoms with van der Waals surface area (Å²) in [6.07, 6.45) is 1.69. The fourth-order valence-corrected chi connectivity index (χ4v) is 2.86. The monoisotopic (exact) mass is 334 g/mol. The van der Waals surface area contributed by atoms with Gasteiger partial charge in [0.15, 0.2) is 0 Å². The van der Waals surface area contributed by atoms with Gasteiger partial charge in [0.05, 0.1) is 5.92 Å². The molecule has 1 saturated heterocycles. The molecule has 6 nitrogen and oxygen atoms in total. The molecule has 2 aromatic heterocycles. The van der Waals surface area contributed by atoms with Gasteiger partial charge in [0.1, 0.15) is 5.69 Å². The van der Waals surface area contributed by atoms with Crippen LogP contribution in [-0.2, 0) is 0 Å². The summed E-state index contributed by atoms with van der Waals surface area (Å²) in [6, 6.07) is 11.4. The summed E-state index contributed by atoms with van der Waals surface area (Å²) in [4.78, 5) is 23.0. The lowest BCUT2D eigenvalue weighted by Crippen LogP contribution is -2.48. The maximum Gasteiger partial charge on any atom is 0.253 e. The average Bonchev–Trinajstić information content (AvgIpc) is 3.06. The lowest BCUT2D eigenvalue weighted by atomic mass is 9.98. The summed E-state index contributed by atoms with van der Waals surface area (Å²) in [5, 5.41) is 3.99. The van der Waals surface area contributed by atoms with E-state index < -0.39 is 0 Å². The minimum Gasteiger partial charge on any atom is -0.338 e. The van der Waals surface area contributed by atoms with Crippen molar-refractivity contribution in [1.29, 1.82) is 0 Å². The SMILES string of the molecule is Cc1ccc(C(=O)N2CC(c3nc(-c4ccccn4)no3)C2)cc1C. The van der Waals surface area contributed by atoms with Crippen LogP contribution in [-0.4, -0.2) is 39.0 Å². The Morgan fingerprint density at radius 3 is 2.72 bits per heavy atom. The van der Waals surface area contributed by atoms with Crippen LogP contribution in [0.2, 0.25) is 0 Å². The van der Waals surface area contributed by atoms with E-state index in [4.69, 9.17) is 4.52 Å². The lowest BCUT2D eigenvalue weighted by molar-refractivity contribution is 0.0569. The topological polar surface area (TPSA) is 72.1 Å². The van der Waals surface area contributed by atoms with Crippen LogP contribution in [0.25, 0.3) is 11.5 Å². The van der Waals surface area contributed by atoms with Crippen LogP contribution in [0.4, 0.5) is 0 Å². The standard InChI is InChI=1S/C19H18N4O2/c1-12-6-7-14(9-13(12)2)19(24)23-10-15(11-23)18-21-17(22-25-18)16-5-3-4-8-20-16/h3-9,15H,10-11H2,1-2H3. The molecule has 1 aliphatic rings. The zero-order chi connectivity index (χ0) is 17.4. The van der Waals surface area contributed by atoms with Gasteiger partial charge in [0.2, 0.25) is 11.7 Å². The van der Waals surface area contributed by atoms with Gasteiger partial charge in [-0.15, -0.1) is 0 Å². The van der Waals surface area contributed by atoms with Crippen LogP contribution >= 0.6 is 0 Å². The maximum atomic E-state index is 12.5.